The van der Waals surface area contributed by atoms with Crippen molar-refractivity contribution in [1.82, 2.24) is 4.90 Å². The summed E-state index contributed by atoms with van der Waals surface area (Å²) in [5.74, 6) is 1.29. The Bertz CT molecular complexity index is 256. The van der Waals surface area contributed by atoms with Gasteiger partial charge in [-0.15, -0.1) is 0 Å². The minimum Gasteiger partial charge on any atom is -0.481 e. The van der Waals surface area contributed by atoms with Crippen LogP contribution < -0.4 is 0 Å². The molecular weight excluding hydrogens is 226 g/mol. The molecule has 0 saturated carbocycles. The number of carboxylic acids is 1. The average Bonchev–Trinajstić information content (AvgIpc) is 2.78. The average molecular weight is 245 g/mol. The van der Waals surface area contributed by atoms with Crippen LogP contribution in [0.25, 0.3) is 0 Å². The molecule has 2 aliphatic heterocycles. The van der Waals surface area contributed by atoms with Gasteiger partial charge in [0.2, 0.25) is 0 Å². The van der Waals surface area contributed by atoms with E-state index >= 15 is 0 Å². The van der Waals surface area contributed by atoms with Gasteiger partial charge in [0.15, 0.2) is 0 Å². The summed E-state index contributed by atoms with van der Waals surface area (Å²) in [6.45, 7) is 0.929. The molecule has 0 aromatic carbocycles. The van der Waals surface area contributed by atoms with Crippen LogP contribution in [0, 0.1) is 5.92 Å². The molecule has 2 heterocycles. The number of carbonyl (C=O) groups is 1. The van der Waals surface area contributed by atoms with E-state index in [4.69, 9.17) is 9.84 Å². The van der Waals surface area contributed by atoms with Crippen molar-refractivity contribution in [3.8, 4) is 0 Å². The van der Waals surface area contributed by atoms with Crippen LogP contribution in [0.15, 0.2) is 0 Å². The molecule has 0 aromatic rings. The van der Waals surface area contributed by atoms with Crippen LogP contribution in [-0.4, -0.2) is 59.8 Å². The third kappa shape index (κ3) is 2.52. The summed E-state index contributed by atoms with van der Waals surface area (Å²) in [7, 11) is 2.05. The lowest BCUT2D eigenvalue weighted by Gasteiger charge is -2.36. The van der Waals surface area contributed by atoms with Gasteiger partial charge in [-0.1, -0.05) is 0 Å². The van der Waals surface area contributed by atoms with Gasteiger partial charge in [-0.2, -0.15) is 11.8 Å². The zero-order chi connectivity index (χ0) is 11.5. The Kier molecular flexibility index (Phi) is 4.10. The first kappa shape index (κ1) is 12.2. The minimum absolute atomic E-state index is 0.0567. The lowest BCUT2D eigenvalue weighted by molar-refractivity contribution is -0.143. The first-order valence-corrected chi connectivity index (χ1v) is 6.96. The van der Waals surface area contributed by atoms with Gasteiger partial charge in [0.05, 0.1) is 19.1 Å². The number of ether oxygens (including phenoxy) is 1. The smallest absolute Gasteiger partial charge is 0.310 e. The molecule has 0 aliphatic carbocycles. The summed E-state index contributed by atoms with van der Waals surface area (Å²) >= 11 is 1.97. The minimum atomic E-state index is -0.724. The molecule has 2 aliphatic rings. The van der Waals surface area contributed by atoms with Crippen LogP contribution in [0.4, 0.5) is 0 Å². The van der Waals surface area contributed by atoms with Crippen molar-refractivity contribution in [2.75, 3.05) is 31.8 Å². The van der Waals surface area contributed by atoms with E-state index in [9.17, 15) is 4.79 Å². The Labute approximate surface area is 100 Å². The number of carboxylic acid groups (broad SMARTS) is 1. The van der Waals surface area contributed by atoms with E-state index in [1.165, 1.54) is 18.6 Å². The van der Waals surface area contributed by atoms with Gasteiger partial charge in [-0.25, -0.2) is 0 Å². The Morgan fingerprint density at radius 1 is 1.50 bits per heavy atom. The van der Waals surface area contributed by atoms with E-state index in [0.29, 0.717) is 19.3 Å². The maximum absolute atomic E-state index is 11.1. The summed E-state index contributed by atoms with van der Waals surface area (Å²) in [6.07, 6.45) is 2.43. The first-order valence-electron chi connectivity index (χ1n) is 5.80. The van der Waals surface area contributed by atoms with Gasteiger partial charge in [0.1, 0.15) is 0 Å². The lowest BCUT2D eigenvalue weighted by Crippen LogP contribution is -2.48. The quantitative estimate of drug-likeness (QED) is 0.801. The topological polar surface area (TPSA) is 49.8 Å². The molecule has 2 fully saturated rings. The summed E-state index contributed by atoms with van der Waals surface area (Å²) < 4.78 is 5.31. The molecular formula is C11H19NO3S. The van der Waals surface area contributed by atoms with Crippen molar-refractivity contribution in [3.63, 3.8) is 0 Å². The zero-order valence-electron chi connectivity index (χ0n) is 9.59. The van der Waals surface area contributed by atoms with Crippen LogP contribution in [-0.2, 0) is 9.53 Å². The monoisotopic (exact) mass is 245 g/mol. The van der Waals surface area contributed by atoms with Gasteiger partial charge in [0, 0.05) is 17.8 Å². The second kappa shape index (κ2) is 5.38. The number of nitrogens with zero attached hydrogens (tertiary/aromatic N) is 1. The molecule has 0 radical (unpaired) electrons. The second-order valence-corrected chi connectivity index (χ2v) is 5.74. The third-order valence-electron chi connectivity index (χ3n) is 3.60. The largest absolute Gasteiger partial charge is 0.481 e. The van der Waals surface area contributed by atoms with Gasteiger partial charge in [-0.3, -0.25) is 9.69 Å². The van der Waals surface area contributed by atoms with Crippen LogP contribution in [0.5, 0.6) is 0 Å². The number of hydrogen-bond donors (Lipinski definition) is 1. The fourth-order valence-electron chi connectivity index (χ4n) is 2.50. The highest BCUT2D eigenvalue weighted by Gasteiger charge is 2.39. The molecule has 92 valence electrons. The molecule has 0 spiro atoms. The van der Waals surface area contributed by atoms with Crippen LogP contribution in [0.3, 0.4) is 0 Å². The SMILES string of the molecule is CN(C1CCCSC1)C1COCC1C(=O)O. The maximum atomic E-state index is 11.1. The molecule has 4 nitrogen and oxygen atoms in total. The highest BCUT2D eigenvalue weighted by Crippen LogP contribution is 2.26. The first-order chi connectivity index (χ1) is 7.70. The fourth-order valence-corrected chi connectivity index (χ4v) is 3.71. The van der Waals surface area contributed by atoms with Crippen molar-refractivity contribution < 1.29 is 14.6 Å². The van der Waals surface area contributed by atoms with Crippen molar-refractivity contribution in [3.05, 3.63) is 0 Å². The Hall–Kier alpha value is -0.260. The van der Waals surface area contributed by atoms with Crippen molar-refractivity contribution in [1.29, 1.82) is 0 Å². The summed E-state index contributed by atoms with van der Waals surface area (Å²) in [5, 5.41) is 9.12. The van der Waals surface area contributed by atoms with E-state index in [1.54, 1.807) is 0 Å². The van der Waals surface area contributed by atoms with E-state index in [0.717, 1.165) is 5.75 Å². The van der Waals surface area contributed by atoms with E-state index in [-0.39, 0.29) is 12.0 Å². The molecule has 3 unspecified atom stereocenters. The number of hydrogen-bond acceptors (Lipinski definition) is 4. The van der Waals surface area contributed by atoms with E-state index in [1.807, 2.05) is 18.8 Å². The van der Waals surface area contributed by atoms with Crippen molar-refractivity contribution in [2.45, 2.75) is 24.9 Å². The van der Waals surface area contributed by atoms with Crippen LogP contribution >= 0.6 is 11.8 Å². The molecule has 2 saturated heterocycles. The standard InChI is InChI=1S/C11H19NO3S/c1-12(8-3-2-4-16-7-8)10-6-15-5-9(10)11(13)14/h8-10H,2-7H2,1H3,(H,13,14). The third-order valence-corrected chi connectivity index (χ3v) is 4.80. The molecule has 16 heavy (non-hydrogen) atoms. The normalized spacial score (nSPS) is 35.5. The predicted molar refractivity (Wildman–Crippen MR) is 63.8 cm³/mol. The number of likely N-dealkylation sites (N-methyl/N-ethyl adjacent to an activating group) is 1. The Balaban J connectivity index is 1.96. The van der Waals surface area contributed by atoms with Crippen LogP contribution in [0.1, 0.15) is 12.8 Å². The van der Waals surface area contributed by atoms with E-state index in [2.05, 4.69) is 4.90 Å². The molecule has 3 atom stereocenters. The maximum Gasteiger partial charge on any atom is 0.310 e. The number of thioether (sulfide) groups is 1. The Morgan fingerprint density at radius 3 is 2.94 bits per heavy atom. The summed E-state index contributed by atoms with van der Waals surface area (Å²) in [6, 6.07) is 0.577. The predicted octanol–water partition coefficient (Wildman–Crippen LogP) is 0.913. The number of aliphatic carboxylic acids is 1. The van der Waals surface area contributed by atoms with E-state index < -0.39 is 5.97 Å². The van der Waals surface area contributed by atoms with Gasteiger partial charge < -0.3 is 9.84 Å². The van der Waals surface area contributed by atoms with Crippen molar-refractivity contribution in [2.24, 2.45) is 5.92 Å². The highest BCUT2D eigenvalue weighted by molar-refractivity contribution is 7.99. The molecule has 0 bridgehead atoms. The highest BCUT2D eigenvalue weighted by atomic mass is 32.2. The molecule has 5 heteroatoms. The van der Waals surface area contributed by atoms with Gasteiger partial charge >= 0.3 is 5.97 Å². The summed E-state index contributed by atoms with van der Waals surface area (Å²) in [4.78, 5) is 13.3. The number of rotatable bonds is 3. The summed E-state index contributed by atoms with van der Waals surface area (Å²) in [5.41, 5.74) is 0. The second-order valence-electron chi connectivity index (χ2n) is 4.59. The van der Waals surface area contributed by atoms with Crippen molar-refractivity contribution >= 4 is 17.7 Å². The Morgan fingerprint density at radius 2 is 2.31 bits per heavy atom. The molecule has 1 N–H and O–H groups in total. The fraction of sp³-hybridized carbons (Fsp3) is 0.909. The van der Waals surface area contributed by atoms with Gasteiger partial charge in [0.25, 0.3) is 0 Å². The van der Waals surface area contributed by atoms with Crippen LogP contribution in [0.2, 0.25) is 0 Å². The lowest BCUT2D eigenvalue weighted by atomic mass is 10.0. The molecule has 0 amide bonds. The van der Waals surface area contributed by atoms with Gasteiger partial charge in [-0.05, 0) is 25.6 Å². The zero-order valence-corrected chi connectivity index (χ0v) is 10.4. The molecule has 0 aromatic heterocycles. The molecule has 2 rings (SSSR count).